The number of rotatable bonds is 3. The zero-order chi connectivity index (χ0) is 13.8. The zero-order valence-electron chi connectivity index (χ0n) is 9.86. The number of hydrogen-bond donors (Lipinski definition) is 1. The van der Waals surface area contributed by atoms with Gasteiger partial charge < -0.3 is 5.73 Å². The predicted octanol–water partition coefficient (Wildman–Crippen LogP) is 3.71. The second-order valence-electron chi connectivity index (χ2n) is 3.88. The van der Waals surface area contributed by atoms with Gasteiger partial charge in [0.25, 0.3) is 0 Å². The maximum Gasteiger partial charge on any atom is 0.125 e. The van der Waals surface area contributed by atoms with Crippen LogP contribution in [0.15, 0.2) is 41.3 Å². The molecule has 0 saturated heterocycles. The molecule has 0 aliphatic carbocycles. The lowest BCUT2D eigenvalue weighted by atomic mass is 10.1. The highest BCUT2D eigenvalue weighted by Gasteiger charge is 2.07. The topological polar surface area (TPSA) is 49.8 Å². The van der Waals surface area contributed by atoms with Crippen LogP contribution < -0.4 is 5.73 Å². The predicted molar refractivity (Wildman–Crippen MR) is 71.5 cm³/mol. The van der Waals surface area contributed by atoms with Crippen LogP contribution in [0.25, 0.3) is 0 Å². The molecule has 19 heavy (non-hydrogen) atoms. The third-order valence-corrected chi connectivity index (χ3v) is 3.68. The molecule has 0 aliphatic rings. The summed E-state index contributed by atoms with van der Waals surface area (Å²) in [6, 6.07) is 10.1. The molecule has 96 valence electrons. The van der Waals surface area contributed by atoms with E-state index >= 15 is 0 Å². The molecular weight excluding hydrogens is 266 g/mol. The third kappa shape index (κ3) is 3.24. The van der Waals surface area contributed by atoms with Gasteiger partial charge in [0.1, 0.15) is 11.6 Å². The van der Waals surface area contributed by atoms with E-state index in [4.69, 9.17) is 11.0 Å². The Balaban J connectivity index is 2.19. The van der Waals surface area contributed by atoms with E-state index in [0.717, 1.165) is 0 Å². The standard InChI is InChI=1S/C14H10F2N2S/c15-11-2-1-9(7-17)10(5-11)8-19-14-4-3-12(16)6-13(14)18/h1-6H,8,18H2. The maximum absolute atomic E-state index is 13.1. The lowest BCUT2D eigenvalue weighted by molar-refractivity contribution is 0.626. The molecule has 0 unspecified atom stereocenters. The maximum atomic E-state index is 13.1. The molecule has 0 bridgehead atoms. The molecule has 2 aromatic rings. The van der Waals surface area contributed by atoms with E-state index in [1.54, 1.807) is 6.07 Å². The Labute approximate surface area is 113 Å². The molecule has 0 radical (unpaired) electrons. The Bertz CT molecular complexity index is 650. The van der Waals surface area contributed by atoms with Crippen molar-refractivity contribution in [1.29, 1.82) is 5.26 Å². The molecule has 0 spiro atoms. The van der Waals surface area contributed by atoms with E-state index < -0.39 is 5.82 Å². The molecule has 0 amide bonds. The minimum absolute atomic E-state index is 0.333. The van der Waals surface area contributed by atoms with Gasteiger partial charge in [-0.05, 0) is 42.0 Å². The molecule has 2 nitrogen and oxygen atoms in total. The molecule has 5 heteroatoms. The summed E-state index contributed by atoms with van der Waals surface area (Å²) in [5.74, 6) is -0.386. The van der Waals surface area contributed by atoms with Gasteiger partial charge in [-0.25, -0.2) is 8.78 Å². The average molecular weight is 276 g/mol. The summed E-state index contributed by atoms with van der Waals surface area (Å²) < 4.78 is 26.0. The van der Waals surface area contributed by atoms with Crippen LogP contribution in [0.4, 0.5) is 14.5 Å². The number of hydrogen-bond acceptors (Lipinski definition) is 3. The molecule has 2 rings (SSSR count). The van der Waals surface area contributed by atoms with E-state index in [9.17, 15) is 8.78 Å². The van der Waals surface area contributed by atoms with Crippen molar-refractivity contribution < 1.29 is 8.78 Å². The minimum atomic E-state index is -0.398. The fraction of sp³-hybridized carbons (Fsp3) is 0.0714. The number of nitrogen functional groups attached to an aromatic ring is 1. The Hall–Kier alpha value is -2.06. The minimum Gasteiger partial charge on any atom is -0.398 e. The lowest BCUT2D eigenvalue weighted by Crippen LogP contribution is -1.92. The third-order valence-electron chi connectivity index (χ3n) is 2.54. The molecule has 0 saturated carbocycles. The first kappa shape index (κ1) is 13.4. The van der Waals surface area contributed by atoms with Crippen molar-refractivity contribution in [1.82, 2.24) is 0 Å². The highest BCUT2D eigenvalue weighted by molar-refractivity contribution is 7.98. The van der Waals surface area contributed by atoms with Crippen molar-refractivity contribution in [2.75, 3.05) is 5.73 Å². The summed E-state index contributed by atoms with van der Waals surface area (Å²) in [7, 11) is 0. The Kier molecular flexibility index (Phi) is 4.03. The first-order valence-corrected chi connectivity index (χ1v) is 6.45. The van der Waals surface area contributed by atoms with Crippen LogP contribution in [0.5, 0.6) is 0 Å². The highest BCUT2D eigenvalue weighted by atomic mass is 32.2. The Morgan fingerprint density at radius 3 is 2.47 bits per heavy atom. The monoisotopic (exact) mass is 276 g/mol. The van der Waals surface area contributed by atoms with Crippen molar-refractivity contribution in [3.8, 4) is 6.07 Å². The van der Waals surface area contributed by atoms with Crippen molar-refractivity contribution in [2.45, 2.75) is 10.6 Å². The first-order valence-electron chi connectivity index (χ1n) is 5.46. The second kappa shape index (κ2) is 5.72. The van der Waals surface area contributed by atoms with E-state index in [-0.39, 0.29) is 5.82 Å². The quantitative estimate of drug-likeness (QED) is 0.686. The summed E-state index contributed by atoms with van der Waals surface area (Å²) in [5.41, 5.74) is 7.04. The first-order chi connectivity index (χ1) is 9.10. The second-order valence-corrected chi connectivity index (χ2v) is 4.90. The number of nitrogens with zero attached hydrogens (tertiary/aromatic N) is 1. The van der Waals surface area contributed by atoms with Crippen LogP contribution in [0.1, 0.15) is 11.1 Å². The smallest absolute Gasteiger partial charge is 0.125 e. The fourth-order valence-electron chi connectivity index (χ4n) is 1.60. The molecular formula is C14H10F2N2S. The van der Waals surface area contributed by atoms with Crippen molar-refractivity contribution >= 4 is 17.4 Å². The molecule has 0 atom stereocenters. The van der Waals surface area contributed by atoms with Crippen LogP contribution in [-0.4, -0.2) is 0 Å². The van der Waals surface area contributed by atoms with Crippen molar-refractivity contribution in [3.05, 3.63) is 59.2 Å². The Morgan fingerprint density at radius 2 is 1.79 bits per heavy atom. The zero-order valence-corrected chi connectivity index (χ0v) is 10.7. The van der Waals surface area contributed by atoms with Crippen LogP contribution >= 0.6 is 11.8 Å². The summed E-state index contributed by atoms with van der Waals surface area (Å²) in [4.78, 5) is 0.703. The van der Waals surface area contributed by atoms with Gasteiger partial charge in [-0.3, -0.25) is 0 Å². The number of thioether (sulfide) groups is 1. The Morgan fingerprint density at radius 1 is 1.11 bits per heavy atom. The SMILES string of the molecule is N#Cc1ccc(F)cc1CSc1ccc(F)cc1N. The molecule has 2 N–H and O–H groups in total. The van der Waals surface area contributed by atoms with Gasteiger partial charge >= 0.3 is 0 Å². The number of nitriles is 1. The summed E-state index contributed by atoms with van der Waals surface area (Å²) >= 11 is 1.34. The number of benzene rings is 2. The van der Waals surface area contributed by atoms with Gasteiger partial charge in [0.05, 0.1) is 11.6 Å². The van der Waals surface area contributed by atoms with E-state index in [2.05, 4.69) is 0 Å². The largest absolute Gasteiger partial charge is 0.398 e. The van der Waals surface area contributed by atoms with Gasteiger partial charge in [-0.15, -0.1) is 11.8 Å². The number of nitrogens with two attached hydrogens (primary N) is 1. The number of halogens is 2. The van der Waals surface area contributed by atoms with E-state index in [1.165, 1.54) is 42.1 Å². The summed E-state index contributed by atoms with van der Waals surface area (Å²) in [6.07, 6.45) is 0. The normalized spacial score (nSPS) is 10.2. The van der Waals surface area contributed by atoms with Crippen molar-refractivity contribution in [3.63, 3.8) is 0 Å². The van der Waals surface area contributed by atoms with Gasteiger partial charge in [-0.2, -0.15) is 5.26 Å². The molecule has 0 aromatic heterocycles. The lowest BCUT2D eigenvalue weighted by Gasteiger charge is -2.07. The molecule has 0 fully saturated rings. The molecule has 0 aliphatic heterocycles. The highest BCUT2D eigenvalue weighted by Crippen LogP contribution is 2.29. The van der Waals surface area contributed by atoms with Crippen LogP contribution in [-0.2, 0) is 5.75 Å². The van der Waals surface area contributed by atoms with Crippen molar-refractivity contribution in [2.24, 2.45) is 0 Å². The fourth-order valence-corrected chi connectivity index (χ4v) is 2.54. The molecule has 2 aromatic carbocycles. The van der Waals surface area contributed by atoms with E-state index in [0.29, 0.717) is 27.5 Å². The van der Waals surface area contributed by atoms with Gasteiger partial charge in [0.15, 0.2) is 0 Å². The van der Waals surface area contributed by atoms with E-state index in [1.807, 2.05) is 6.07 Å². The van der Waals surface area contributed by atoms with Crippen LogP contribution in [0.2, 0.25) is 0 Å². The molecule has 0 heterocycles. The van der Waals surface area contributed by atoms with Crippen LogP contribution in [0, 0.1) is 23.0 Å². The summed E-state index contributed by atoms with van der Waals surface area (Å²) in [6.45, 7) is 0. The van der Waals surface area contributed by atoms with Gasteiger partial charge in [-0.1, -0.05) is 0 Å². The summed E-state index contributed by atoms with van der Waals surface area (Å²) in [5, 5.41) is 8.94. The van der Waals surface area contributed by atoms with Gasteiger partial charge in [0, 0.05) is 16.3 Å². The van der Waals surface area contributed by atoms with Gasteiger partial charge in [0.2, 0.25) is 0 Å². The average Bonchev–Trinajstić information content (AvgIpc) is 2.38. The van der Waals surface area contributed by atoms with Crippen LogP contribution in [0.3, 0.4) is 0 Å². The number of anilines is 1.